The molecular weight excluding hydrogens is 490 g/mol. The molecule has 0 radical (unpaired) electrons. The second kappa shape index (κ2) is 18.0. The number of nitrogens with zero attached hydrogens (tertiary/aromatic N) is 1. The molecule has 0 fully saturated rings. The highest BCUT2D eigenvalue weighted by Gasteiger charge is 2.06. The number of carbonyl (C=O) groups excluding carboxylic acids is 2. The Balaban J connectivity index is 0.000000423. The van der Waals surface area contributed by atoms with Crippen LogP contribution in [0, 0.1) is 6.92 Å². The zero-order chi connectivity index (χ0) is 27.6. The second-order valence-corrected chi connectivity index (χ2v) is 9.51. The third-order valence-corrected chi connectivity index (χ3v) is 6.38. The van der Waals surface area contributed by atoms with Gasteiger partial charge >= 0.3 is 0 Å². The zero-order valence-corrected chi connectivity index (χ0v) is 23.7. The van der Waals surface area contributed by atoms with Gasteiger partial charge < -0.3 is 15.5 Å². The SMILES string of the molecule is CCCN(CCC)CCNC(=O)c1ccc(/C=C/Cc2ccccc2C)cc1.O=CNc1ccccc1S. The molecule has 0 spiro atoms. The first kappa shape index (κ1) is 30.9. The molecule has 0 saturated carbocycles. The van der Waals surface area contributed by atoms with Crippen molar-refractivity contribution >= 4 is 36.7 Å². The monoisotopic (exact) mass is 531 g/mol. The van der Waals surface area contributed by atoms with E-state index in [0.717, 1.165) is 55.0 Å². The lowest BCUT2D eigenvalue weighted by atomic mass is 10.0. The Kier molecular flexibility index (Phi) is 14.6. The Morgan fingerprint density at radius 1 is 0.895 bits per heavy atom. The fourth-order valence-corrected chi connectivity index (χ4v) is 4.19. The minimum atomic E-state index is 0.00314. The highest BCUT2D eigenvalue weighted by atomic mass is 32.1. The topological polar surface area (TPSA) is 61.4 Å². The number of allylic oxidation sites excluding steroid dienone is 1. The summed E-state index contributed by atoms with van der Waals surface area (Å²) >= 11 is 4.11. The molecule has 6 heteroatoms. The molecule has 0 aliphatic carbocycles. The molecule has 3 aromatic carbocycles. The summed E-state index contributed by atoms with van der Waals surface area (Å²) in [7, 11) is 0. The van der Waals surface area contributed by atoms with Crippen molar-refractivity contribution in [1.29, 1.82) is 0 Å². The first-order valence-electron chi connectivity index (χ1n) is 13.3. The summed E-state index contributed by atoms with van der Waals surface area (Å²) in [6.45, 7) is 10.3. The summed E-state index contributed by atoms with van der Waals surface area (Å²) in [5, 5.41) is 5.56. The molecule has 0 atom stereocenters. The smallest absolute Gasteiger partial charge is 0.251 e. The number of rotatable bonds is 13. The maximum atomic E-state index is 12.3. The molecule has 0 aromatic heterocycles. The molecule has 3 rings (SSSR count). The number of hydrogen-bond acceptors (Lipinski definition) is 4. The van der Waals surface area contributed by atoms with E-state index >= 15 is 0 Å². The lowest BCUT2D eigenvalue weighted by Gasteiger charge is -2.20. The number of thiol groups is 1. The zero-order valence-electron chi connectivity index (χ0n) is 22.8. The van der Waals surface area contributed by atoms with E-state index in [1.807, 2.05) is 42.5 Å². The average molecular weight is 532 g/mol. The molecule has 0 bridgehead atoms. The van der Waals surface area contributed by atoms with Crippen LogP contribution in [0.1, 0.15) is 53.7 Å². The van der Waals surface area contributed by atoms with Gasteiger partial charge in [0.25, 0.3) is 5.91 Å². The van der Waals surface area contributed by atoms with Crippen molar-refractivity contribution in [2.24, 2.45) is 0 Å². The van der Waals surface area contributed by atoms with Crippen LogP contribution in [0.4, 0.5) is 5.69 Å². The molecule has 2 N–H and O–H groups in total. The van der Waals surface area contributed by atoms with Gasteiger partial charge in [0.05, 0.1) is 5.69 Å². The number of benzene rings is 3. The van der Waals surface area contributed by atoms with Crippen molar-refractivity contribution in [3.8, 4) is 0 Å². The lowest BCUT2D eigenvalue weighted by Crippen LogP contribution is -2.35. The van der Waals surface area contributed by atoms with Crippen LogP contribution in [-0.4, -0.2) is 43.4 Å². The first-order valence-corrected chi connectivity index (χ1v) is 13.7. The fourth-order valence-electron chi connectivity index (χ4n) is 3.96. The van der Waals surface area contributed by atoms with E-state index in [1.54, 1.807) is 6.07 Å². The molecule has 3 aromatic rings. The molecule has 2 amide bonds. The second-order valence-electron chi connectivity index (χ2n) is 9.03. The van der Waals surface area contributed by atoms with Crippen molar-refractivity contribution in [1.82, 2.24) is 10.2 Å². The summed E-state index contributed by atoms with van der Waals surface area (Å²) in [6, 6.07) is 23.6. The van der Waals surface area contributed by atoms with Gasteiger partial charge in [0.1, 0.15) is 0 Å². The standard InChI is InChI=1S/C25H34N2O.C7H7NOS/c1-4-18-27(19-5-2)20-17-26-25(28)24-15-13-22(14-16-24)10-8-12-23-11-7-6-9-21(23)3;9-5-8-6-3-1-2-4-7(6)10/h6-11,13-16H,4-5,12,17-20H2,1-3H3,(H,26,28);1-5,10H,(H,8,9)/b10-8+;. The normalized spacial score (nSPS) is 10.7. The highest BCUT2D eigenvalue weighted by molar-refractivity contribution is 7.80. The number of anilines is 1. The van der Waals surface area contributed by atoms with Crippen LogP contribution >= 0.6 is 12.6 Å². The largest absolute Gasteiger partial charge is 0.351 e. The predicted octanol–water partition coefficient (Wildman–Crippen LogP) is 6.65. The van der Waals surface area contributed by atoms with E-state index in [0.29, 0.717) is 18.5 Å². The van der Waals surface area contributed by atoms with Crippen molar-refractivity contribution in [2.45, 2.75) is 44.9 Å². The van der Waals surface area contributed by atoms with Crippen molar-refractivity contribution in [2.75, 3.05) is 31.5 Å². The number of para-hydroxylation sites is 1. The van der Waals surface area contributed by atoms with Crippen LogP contribution < -0.4 is 10.6 Å². The number of amides is 2. The number of carbonyl (C=O) groups is 2. The molecular formula is C32H41N3O2S. The Morgan fingerprint density at radius 3 is 2.18 bits per heavy atom. The Morgan fingerprint density at radius 2 is 1.55 bits per heavy atom. The summed E-state index contributed by atoms with van der Waals surface area (Å²) < 4.78 is 0. The Bertz CT molecular complexity index is 1140. The molecule has 5 nitrogen and oxygen atoms in total. The van der Waals surface area contributed by atoms with Crippen LogP contribution in [-0.2, 0) is 11.2 Å². The van der Waals surface area contributed by atoms with E-state index in [1.165, 1.54) is 11.1 Å². The minimum absolute atomic E-state index is 0.00314. The van der Waals surface area contributed by atoms with Gasteiger partial charge in [-0.1, -0.05) is 74.5 Å². The number of nitrogens with one attached hydrogen (secondary N) is 2. The fraction of sp³-hybridized carbons (Fsp3) is 0.312. The average Bonchev–Trinajstić information content (AvgIpc) is 2.92. The maximum absolute atomic E-state index is 12.3. The van der Waals surface area contributed by atoms with Crippen molar-refractivity contribution in [3.63, 3.8) is 0 Å². The third-order valence-electron chi connectivity index (χ3n) is 5.99. The molecule has 0 heterocycles. The molecule has 0 saturated heterocycles. The van der Waals surface area contributed by atoms with Gasteiger partial charge in [-0.15, -0.1) is 12.6 Å². The van der Waals surface area contributed by atoms with Crippen LogP contribution in [0.2, 0.25) is 0 Å². The van der Waals surface area contributed by atoms with Gasteiger partial charge in [-0.2, -0.15) is 0 Å². The van der Waals surface area contributed by atoms with Gasteiger partial charge in [-0.05, 0) is 80.2 Å². The van der Waals surface area contributed by atoms with E-state index in [4.69, 9.17) is 0 Å². The van der Waals surface area contributed by atoms with Gasteiger partial charge in [-0.3, -0.25) is 9.59 Å². The van der Waals surface area contributed by atoms with E-state index in [9.17, 15) is 9.59 Å². The summed E-state index contributed by atoms with van der Waals surface area (Å²) in [6.07, 6.45) is 8.13. The van der Waals surface area contributed by atoms with Crippen molar-refractivity contribution < 1.29 is 9.59 Å². The molecule has 0 aliphatic heterocycles. The number of hydrogen-bond donors (Lipinski definition) is 3. The van der Waals surface area contributed by atoms with Gasteiger partial charge in [0.2, 0.25) is 6.41 Å². The van der Waals surface area contributed by atoms with E-state index in [-0.39, 0.29) is 5.91 Å². The van der Waals surface area contributed by atoms with Crippen molar-refractivity contribution in [3.05, 3.63) is 101 Å². The van der Waals surface area contributed by atoms with Crippen LogP contribution in [0.3, 0.4) is 0 Å². The molecule has 0 aliphatic rings. The lowest BCUT2D eigenvalue weighted by molar-refractivity contribution is -0.105. The van der Waals surface area contributed by atoms with E-state index < -0.39 is 0 Å². The van der Waals surface area contributed by atoms with E-state index in [2.05, 4.69) is 85.4 Å². The highest BCUT2D eigenvalue weighted by Crippen LogP contribution is 2.17. The quantitative estimate of drug-likeness (QED) is 0.171. The first-order chi connectivity index (χ1) is 18.5. The summed E-state index contributed by atoms with van der Waals surface area (Å²) in [4.78, 5) is 25.5. The van der Waals surface area contributed by atoms with Gasteiger partial charge in [-0.25, -0.2) is 0 Å². The Hall–Kier alpha value is -3.35. The molecule has 0 unspecified atom stereocenters. The molecule has 38 heavy (non-hydrogen) atoms. The van der Waals surface area contributed by atoms with Gasteiger partial charge in [0, 0.05) is 23.5 Å². The van der Waals surface area contributed by atoms with Crippen LogP contribution in [0.15, 0.2) is 83.8 Å². The minimum Gasteiger partial charge on any atom is -0.351 e. The number of aryl methyl sites for hydroxylation is 1. The predicted molar refractivity (Wildman–Crippen MR) is 163 cm³/mol. The maximum Gasteiger partial charge on any atom is 0.251 e. The Labute approximate surface area is 233 Å². The third kappa shape index (κ3) is 11.4. The van der Waals surface area contributed by atoms with Crippen LogP contribution in [0.5, 0.6) is 0 Å². The van der Waals surface area contributed by atoms with Crippen LogP contribution in [0.25, 0.3) is 6.08 Å². The summed E-state index contributed by atoms with van der Waals surface area (Å²) in [5.74, 6) is 0.00314. The summed E-state index contributed by atoms with van der Waals surface area (Å²) in [5.41, 5.74) is 5.22. The van der Waals surface area contributed by atoms with Gasteiger partial charge in [0.15, 0.2) is 0 Å². The molecule has 202 valence electrons.